The van der Waals surface area contributed by atoms with E-state index in [9.17, 15) is 8.42 Å². The number of ether oxygens (including phenoxy) is 1. The minimum absolute atomic E-state index is 0.239. The molecule has 0 spiro atoms. The number of hydrogen-bond acceptors (Lipinski definition) is 6. The minimum Gasteiger partial charge on any atom is -0.495 e. The van der Waals surface area contributed by atoms with E-state index in [0.29, 0.717) is 18.1 Å². The van der Waals surface area contributed by atoms with Gasteiger partial charge in [-0.2, -0.15) is 8.42 Å². The van der Waals surface area contributed by atoms with Crippen LogP contribution < -0.4 is 15.0 Å². The fraction of sp³-hybridized carbons (Fsp3) is 0.350. The minimum atomic E-state index is -3.65. The summed E-state index contributed by atoms with van der Waals surface area (Å²) in [5.41, 5.74) is 2.70. The van der Waals surface area contributed by atoms with E-state index in [0.717, 1.165) is 43.2 Å². The third-order valence-corrected chi connectivity index (χ3v) is 6.47. The molecule has 0 amide bonds. The van der Waals surface area contributed by atoms with Gasteiger partial charge in [0.1, 0.15) is 16.5 Å². The van der Waals surface area contributed by atoms with Gasteiger partial charge in [-0.25, -0.2) is 0 Å². The maximum Gasteiger partial charge on any atom is 0.286 e. The number of nitrogens with zero attached hydrogens (tertiary/aromatic N) is 3. The lowest BCUT2D eigenvalue weighted by molar-refractivity contribution is 0.290. The standard InChI is InChI=1S/C20H24N4O3S/c1-15-7-8-19-16(13-15)21-20(22-28(19,25)26)14-23-9-11-24(12-10-23)17-5-3-4-6-18(17)27-2/h3-8,13H,9-12,14H2,1-2H3,(H,21,22). The number of piperazine rings is 1. The lowest BCUT2D eigenvalue weighted by Gasteiger charge is -2.37. The molecule has 0 aromatic heterocycles. The Kier molecular flexibility index (Phi) is 4.99. The van der Waals surface area contributed by atoms with Crippen LogP contribution in [0.25, 0.3) is 0 Å². The summed E-state index contributed by atoms with van der Waals surface area (Å²) in [7, 11) is -1.97. The summed E-state index contributed by atoms with van der Waals surface area (Å²) in [5, 5.41) is 3.20. The molecule has 4 rings (SSSR count). The van der Waals surface area contributed by atoms with Crippen LogP contribution >= 0.6 is 0 Å². The number of benzene rings is 2. The molecule has 2 aliphatic rings. The van der Waals surface area contributed by atoms with Gasteiger partial charge >= 0.3 is 0 Å². The highest BCUT2D eigenvalue weighted by atomic mass is 32.2. The lowest BCUT2D eigenvalue weighted by atomic mass is 10.2. The largest absolute Gasteiger partial charge is 0.495 e. The number of hydrogen-bond donors (Lipinski definition) is 1. The Balaban J connectivity index is 1.44. The second-order valence-electron chi connectivity index (χ2n) is 7.07. The summed E-state index contributed by atoms with van der Waals surface area (Å²) in [6.45, 7) is 5.74. The molecule has 0 unspecified atom stereocenters. The quantitative estimate of drug-likeness (QED) is 0.849. The SMILES string of the molecule is COc1ccccc1N1CCN(CC2=NS(=O)(=O)c3ccc(C)cc3N2)CC1. The summed E-state index contributed by atoms with van der Waals surface area (Å²) < 4.78 is 34.4. The van der Waals surface area contributed by atoms with E-state index >= 15 is 0 Å². The first-order valence-electron chi connectivity index (χ1n) is 9.28. The number of rotatable bonds is 4. The van der Waals surface area contributed by atoms with Crippen LogP contribution in [0.3, 0.4) is 0 Å². The Bertz CT molecular complexity index is 1010. The van der Waals surface area contributed by atoms with Crippen LogP contribution in [0.4, 0.5) is 11.4 Å². The highest BCUT2D eigenvalue weighted by Crippen LogP contribution is 2.30. The average Bonchev–Trinajstić information content (AvgIpc) is 2.67. The average molecular weight is 401 g/mol. The topological polar surface area (TPSA) is 74.2 Å². The van der Waals surface area contributed by atoms with Crippen LogP contribution in [0.2, 0.25) is 0 Å². The first kappa shape index (κ1) is 18.8. The first-order valence-corrected chi connectivity index (χ1v) is 10.7. The van der Waals surface area contributed by atoms with Crippen molar-refractivity contribution in [1.82, 2.24) is 4.90 Å². The Morgan fingerprint density at radius 3 is 2.61 bits per heavy atom. The zero-order valence-electron chi connectivity index (χ0n) is 16.1. The van der Waals surface area contributed by atoms with Gasteiger partial charge in [-0.05, 0) is 36.8 Å². The van der Waals surface area contributed by atoms with Crippen LogP contribution in [-0.2, 0) is 10.0 Å². The van der Waals surface area contributed by atoms with E-state index in [4.69, 9.17) is 4.74 Å². The molecular formula is C20H24N4O3S. The number of nitrogens with one attached hydrogen (secondary N) is 1. The predicted octanol–water partition coefficient (Wildman–Crippen LogP) is 2.34. The first-order chi connectivity index (χ1) is 13.5. The van der Waals surface area contributed by atoms with Crippen molar-refractivity contribution in [3.8, 4) is 5.75 Å². The number of anilines is 2. The van der Waals surface area contributed by atoms with Gasteiger partial charge in [0.2, 0.25) is 0 Å². The van der Waals surface area contributed by atoms with Crippen molar-refractivity contribution in [2.75, 3.05) is 50.1 Å². The van der Waals surface area contributed by atoms with Gasteiger partial charge in [0, 0.05) is 26.2 Å². The number of fused-ring (bicyclic) bond motifs is 1. The molecule has 1 saturated heterocycles. The molecule has 28 heavy (non-hydrogen) atoms. The van der Waals surface area contributed by atoms with Crippen LogP contribution in [0.15, 0.2) is 51.8 Å². The number of methoxy groups -OCH3 is 1. The summed E-state index contributed by atoms with van der Waals surface area (Å²) in [6, 6.07) is 13.2. The molecule has 0 bridgehead atoms. The second kappa shape index (κ2) is 7.44. The fourth-order valence-corrected chi connectivity index (χ4v) is 4.78. The van der Waals surface area contributed by atoms with Gasteiger partial charge in [-0.1, -0.05) is 18.2 Å². The third-order valence-electron chi connectivity index (χ3n) is 5.09. The van der Waals surface area contributed by atoms with E-state index < -0.39 is 10.0 Å². The van der Waals surface area contributed by atoms with Crippen molar-refractivity contribution >= 4 is 27.2 Å². The molecule has 0 saturated carbocycles. The molecule has 7 nitrogen and oxygen atoms in total. The summed E-state index contributed by atoms with van der Waals surface area (Å²) in [4.78, 5) is 4.75. The van der Waals surface area contributed by atoms with Gasteiger partial charge < -0.3 is 15.0 Å². The van der Waals surface area contributed by atoms with Crippen molar-refractivity contribution < 1.29 is 13.2 Å². The monoisotopic (exact) mass is 400 g/mol. The second-order valence-corrected chi connectivity index (χ2v) is 8.65. The number of amidine groups is 1. The van der Waals surface area contributed by atoms with Crippen LogP contribution in [0.5, 0.6) is 5.75 Å². The molecule has 0 atom stereocenters. The maximum atomic E-state index is 12.5. The number of sulfonamides is 1. The Morgan fingerprint density at radius 1 is 1.11 bits per heavy atom. The molecule has 2 aliphatic heterocycles. The fourth-order valence-electron chi connectivity index (χ4n) is 3.66. The van der Waals surface area contributed by atoms with E-state index in [2.05, 4.69) is 25.6 Å². The summed E-state index contributed by atoms with van der Waals surface area (Å²) in [6.07, 6.45) is 0. The van der Waals surface area contributed by atoms with Crippen molar-refractivity contribution in [2.24, 2.45) is 4.40 Å². The maximum absolute atomic E-state index is 12.5. The van der Waals surface area contributed by atoms with Gasteiger partial charge in [-0.15, -0.1) is 4.40 Å². The summed E-state index contributed by atoms with van der Waals surface area (Å²) >= 11 is 0. The lowest BCUT2D eigenvalue weighted by Crippen LogP contribution is -2.49. The van der Waals surface area contributed by atoms with E-state index in [1.807, 2.05) is 31.2 Å². The van der Waals surface area contributed by atoms with E-state index in [-0.39, 0.29) is 4.90 Å². The molecule has 2 heterocycles. The van der Waals surface area contributed by atoms with Gasteiger partial charge in [0.05, 0.1) is 25.0 Å². The van der Waals surface area contributed by atoms with Crippen molar-refractivity contribution in [3.05, 3.63) is 48.0 Å². The van der Waals surface area contributed by atoms with Gasteiger partial charge in [-0.3, -0.25) is 4.90 Å². The molecular weight excluding hydrogens is 376 g/mol. The molecule has 1 fully saturated rings. The molecule has 2 aromatic rings. The van der Waals surface area contributed by atoms with E-state index in [1.165, 1.54) is 0 Å². The van der Waals surface area contributed by atoms with Crippen LogP contribution in [-0.4, -0.2) is 59.0 Å². The number of aryl methyl sites for hydroxylation is 1. The molecule has 148 valence electrons. The van der Waals surface area contributed by atoms with Crippen molar-refractivity contribution in [3.63, 3.8) is 0 Å². The Hall–Kier alpha value is -2.58. The normalized spacial score (nSPS) is 18.8. The Morgan fingerprint density at radius 2 is 1.86 bits per heavy atom. The third kappa shape index (κ3) is 3.70. The van der Waals surface area contributed by atoms with E-state index in [1.54, 1.807) is 19.2 Å². The molecule has 0 radical (unpaired) electrons. The zero-order chi connectivity index (χ0) is 19.7. The molecule has 1 N–H and O–H groups in total. The Labute approximate surface area is 165 Å². The molecule has 8 heteroatoms. The number of para-hydroxylation sites is 2. The van der Waals surface area contributed by atoms with Gasteiger partial charge in [0.25, 0.3) is 10.0 Å². The predicted molar refractivity (Wildman–Crippen MR) is 111 cm³/mol. The van der Waals surface area contributed by atoms with Crippen molar-refractivity contribution in [1.29, 1.82) is 0 Å². The highest BCUT2D eigenvalue weighted by molar-refractivity contribution is 7.90. The summed E-state index contributed by atoms with van der Waals surface area (Å²) in [5.74, 6) is 1.34. The highest BCUT2D eigenvalue weighted by Gasteiger charge is 2.27. The smallest absolute Gasteiger partial charge is 0.286 e. The zero-order valence-corrected chi connectivity index (χ0v) is 16.9. The molecule has 0 aliphatic carbocycles. The van der Waals surface area contributed by atoms with Gasteiger partial charge in [0.15, 0.2) is 0 Å². The molecule has 2 aromatic carbocycles. The van der Waals surface area contributed by atoms with Crippen LogP contribution in [0.1, 0.15) is 5.56 Å². The van der Waals surface area contributed by atoms with Crippen molar-refractivity contribution in [2.45, 2.75) is 11.8 Å². The van der Waals surface area contributed by atoms with Crippen LogP contribution in [0, 0.1) is 6.92 Å².